The van der Waals surface area contributed by atoms with Crippen LogP contribution in [0.3, 0.4) is 0 Å². The average Bonchev–Trinajstić information content (AvgIpc) is 2.52. The van der Waals surface area contributed by atoms with Gasteiger partial charge in [-0.3, -0.25) is 14.7 Å². The smallest absolute Gasteiger partial charge is 0.277 e. The van der Waals surface area contributed by atoms with Gasteiger partial charge < -0.3 is 0 Å². The monoisotopic (exact) mass is 169 g/mol. The first kappa shape index (κ1) is 8.73. The number of hydrogen-bond acceptors (Lipinski definition) is 3. The van der Waals surface area contributed by atoms with Gasteiger partial charge in [0.05, 0.1) is 11.8 Å². The second kappa shape index (κ2) is 3.87. The van der Waals surface area contributed by atoms with Gasteiger partial charge in [0.15, 0.2) is 0 Å². The molecule has 0 saturated heterocycles. The molecule has 0 radical (unpaired) electrons. The van der Waals surface area contributed by atoms with Crippen molar-refractivity contribution in [3.8, 4) is 0 Å². The quantitative estimate of drug-likeness (QED) is 0.508. The number of nitrogens with one attached hydrogen (secondary N) is 1. The Morgan fingerprint density at radius 2 is 2.58 bits per heavy atom. The van der Waals surface area contributed by atoms with Crippen LogP contribution in [-0.4, -0.2) is 20.9 Å². The van der Waals surface area contributed by atoms with Gasteiger partial charge >= 0.3 is 0 Å². The van der Waals surface area contributed by atoms with Crippen molar-refractivity contribution in [2.45, 2.75) is 19.9 Å². The third-order valence-electron chi connectivity index (χ3n) is 1.45. The largest absolute Gasteiger partial charge is 0.288 e. The fourth-order valence-corrected chi connectivity index (χ4v) is 0.897. The van der Waals surface area contributed by atoms with Gasteiger partial charge in [0, 0.05) is 12.7 Å². The van der Waals surface area contributed by atoms with Crippen molar-refractivity contribution in [1.29, 1.82) is 0 Å². The van der Waals surface area contributed by atoms with Crippen molar-refractivity contribution in [2.24, 2.45) is 0 Å². The van der Waals surface area contributed by atoms with E-state index in [9.17, 15) is 4.79 Å². The highest BCUT2D eigenvalue weighted by atomic mass is 16.5. The summed E-state index contributed by atoms with van der Waals surface area (Å²) in [4.78, 5) is 10.8. The summed E-state index contributed by atoms with van der Waals surface area (Å²) in [6.07, 6.45) is 3.97. The number of rotatable bonds is 3. The normalized spacial score (nSPS) is 9.83. The molecule has 5 nitrogen and oxygen atoms in total. The van der Waals surface area contributed by atoms with E-state index in [0.717, 1.165) is 13.0 Å². The molecule has 0 atom stereocenters. The molecule has 1 rings (SSSR count). The maximum atomic E-state index is 10.8. The maximum absolute atomic E-state index is 10.8. The lowest BCUT2D eigenvalue weighted by Gasteiger charge is -1.94. The van der Waals surface area contributed by atoms with Gasteiger partial charge in [-0.25, -0.2) is 5.48 Å². The van der Waals surface area contributed by atoms with Gasteiger partial charge in [-0.05, 0) is 6.42 Å². The zero-order valence-corrected chi connectivity index (χ0v) is 6.82. The van der Waals surface area contributed by atoms with Crippen molar-refractivity contribution >= 4 is 5.91 Å². The molecule has 1 aromatic heterocycles. The topological polar surface area (TPSA) is 67.2 Å². The minimum Gasteiger partial charge on any atom is -0.288 e. The van der Waals surface area contributed by atoms with E-state index >= 15 is 0 Å². The first-order valence-corrected chi connectivity index (χ1v) is 3.74. The molecule has 0 aliphatic heterocycles. The molecule has 0 aliphatic rings. The third kappa shape index (κ3) is 1.82. The van der Waals surface area contributed by atoms with Crippen LogP contribution >= 0.6 is 0 Å². The summed E-state index contributed by atoms with van der Waals surface area (Å²) in [5.41, 5.74) is 1.91. The molecule has 2 N–H and O–H groups in total. The van der Waals surface area contributed by atoms with E-state index in [1.165, 1.54) is 6.20 Å². The van der Waals surface area contributed by atoms with E-state index in [2.05, 4.69) is 5.10 Å². The number of nitrogens with zero attached hydrogens (tertiary/aromatic N) is 2. The van der Waals surface area contributed by atoms with Crippen LogP contribution in [0.5, 0.6) is 0 Å². The summed E-state index contributed by atoms with van der Waals surface area (Å²) in [5.74, 6) is -0.530. The number of aromatic nitrogens is 2. The number of aryl methyl sites for hydroxylation is 1. The first-order valence-electron chi connectivity index (χ1n) is 3.74. The van der Waals surface area contributed by atoms with Crippen molar-refractivity contribution in [3.05, 3.63) is 18.0 Å². The molecule has 1 amide bonds. The molecule has 0 fully saturated rings. The predicted octanol–water partition coefficient (Wildman–Crippen LogP) is 0.412. The number of carbonyl (C=O) groups is 1. The molecule has 0 spiro atoms. The molecule has 5 heteroatoms. The van der Waals surface area contributed by atoms with E-state index < -0.39 is 5.91 Å². The maximum Gasteiger partial charge on any atom is 0.277 e. The van der Waals surface area contributed by atoms with Gasteiger partial charge in [0.25, 0.3) is 5.91 Å². The Balaban J connectivity index is 2.70. The molecule has 66 valence electrons. The molecule has 0 aromatic carbocycles. The molecule has 1 heterocycles. The first-order chi connectivity index (χ1) is 5.77. The van der Waals surface area contributed by atoms with Crippen LogP contribution in [-0.2, 0) is 6.54 Å². The van der Waals surface area contributed by atoms with E-state index in [0.29, 0.717) is 5.56 Å². The summed E-state index contributed by atoms with van der Waals surface area (Å²) in [6.45, 7) is 2.80. The van der Waals surface area contributed by atoms with Crippen LogP contribution in [0.4, 0.5) is 0 Å². The van der Waals surface area contributed by atoms with E-state index in [1.807, 2.05) is 6.92 Å². The van der Waals surface area contributed by atoms with Crippen LogP contribution in [0.1, 0.15) is 23.7 Å². The van der Waals surface area contributed by atoms with Crippen LogP contribution in [0, 0.1) is 0 Å². The Hall–Kier alpha value is -1.36. The number of hydroxylamine groups is 1. The average molecular weight is 169 g/mol. The fourth-order valence-electron chi connectivity index (χ4n) is 0.897. The Labute approximate surface area is 70.0 Å². The fraction of sp³-hybridized carbons (Fsp3) is 0.429. The minimum absolute atomic E-state index is 0.367. The summed E-state index contributed by atoms with van der Waals surface area (Å²) < 4.78 is 1.66. The van der Waals surface area contributed by atoms with Crippen molar-refractivity contribution in [2.75, 3.05) is 0 Å². The Kier molecular flexibility index (Phi) is 2.82. The molecule has 0 bridgehead atoms. The number of hydrogen-bond donors (Lipinski definition) is 2. The molecule has 0 aliphatic carbocycles. The summed E-state index contributed by atoms with van der Waals surface area (Å²) in [5, 5.41) is 12.2. The Morgan fingerprint density at radius 1 is 1.83 bits per heavy atom. The zero-order valence-electron chi connectivity index (χ0n) is 6.82. The Bertz CT molecular complexity index is 269. The Morgan fingerprint density at radius 3 is 3.17 bits per heavy atom. The summed E-state index contributed by atoms with van der Waals surface area (Å²) in [7, 11) is 0. The lowest BCUT2D eigenvalue weighted by molar-refractivity contribution is 0.0706. The van der Waals surface area contributed by atoms with Crippen LogP contribution in [0.2, 0.25) is 0 Å². The van der Waals surface area contributed by atoms with Crippen molar-refractivity contribution in [1.82, 2.24) is 15.3 Å². The molecular formula is C7H11N3O2. The standard InChI is InChI=1S/C7H11N3O2/c1-2-3-10-5-6(4-8-10)7(11)9-12/h4-5,12H,2-3H2,1H3,(H,9,11). The van der Waals surface area contributed by atoms with Crippen LogP contribution < -0.4 is 5.48 Å². The van der Waals surface area contributed by atoms with E-state index in [1.54, 1.807) is 16.4 Å². The third-order valence-corrected chi connectivity index (χ3v) is 1.45. The molecule has 1 aromatic rings. The van der Waals surface area contributed by atoms with Gasteiger partial charge in [-0.1, -0.05) is 6.92 Å². The zero-order chi connectivity index (χ0) is 8.97. The predicted molar refractivity (Wildman–Crippen MR) is 41.8 cm³/mol. The second-order valence-corrected chi connectivity index (χ2v) is 2.43. The number of carbonyl (C=O) groups excluding carboxylic acids is 1. The van der Waals surface area contributed by atoms with Crippen LogP contribution in [0.15, 0.2) is 12.4 Å². The highest BCUT2D eigenvalue weighted by Gasteiger charge is 2.05. The minimum atomic E-state index is -0.530. The van der Waals surface area contributed by atoms with Gasteiger partial charge in [0.2, 0.25) is 0 Å². The summed E-state index contributed by atoms with van der Waals surface area (Å²) in [6, 6.07) is 0. The van der Waals surface area contributed by atoms with Gasteiger partial charge in [-0.2, -0.15) is 5.10 Å². The molecule has 0 unspecified atom stereocenters. The highest BCUT2D eigenvalue weighted by molar-refractivity contribution is 5.92. The lowest BCUT2D eigenvalue weighted by Crippen LogP contribution is -2.17. The van der Waals surface area contributed by atoms with Gasteiger partial charge in [-0.15, -0.1) is 0 Å². The van der Waals surface area contributed by atoms with E-state index in [4.69, 9.17) is 5.21 Å². The van der Waals surface area contributed by atoms with E-state index in [-0.39, 0.29) is 0 Å². The lowest BCUT2D eigenvalue weighted by atomic mass is 10.3. The van der Waals surface area contributed by atoms with Crippen molar-refractivity contribution in [3.63, 3.8) is 0 Å². The molecule has 0 saturated carbocycles. The molecule has 12 heavy (non-hydrogen) atoms. The number of amides is 1. The van der Waals surface area contributed by atoms with Crippen LogP contribution in [0.25, 0.3) is 0 Å². The van der Waals surface area contributed by atoms with Crippen molar-refractivity contribution < 1.29 is 10.0 Å². The molecular weight excluding hydrogens is 158 g/mol. The highest BCUT2D eigenvalue weighted by Crippen LogP contribution is 1.97. The second-order valence-electron chi connectivity index (χ2n) is 2.43. The SMILES string of the molecule is CCCn1cc(C(=O)NO)cn1. The van der Waals surface area contributed by atoms with Gasteiger partial charge in [0.1, 0.15) is 0 Å². The summed E-state index contributed by atoms with van der Waals surface area (Å²) >= 11 is 0.